The van der Waals surface area contributed by atoms with Crippen LogP contribution in [0.1, 0.15) is 19.3 Å². The van der Waals surface area contributed by atoms with Crippen LogP contribution in [0.3, 0.4) is 0 Å². The van der Waals surface area contributed by atoms with Gasteiger partial charge < -0.3 is 20.6 Å². The van der Waals surface area contributed by atoms with Gasteiger partial charge >= 0.3 is 5.82 Å². The number of rotatable bonds is 4. The van der Waals surface area contributed by atoms with Gasteiger partial charge in [-0.3, -0.25) is 4.57 Å². The van der Waals surface area contributed by atoms with E-state index in [4.69, 9.17) is 10.5 Å². The molecule has 0 saturated heterocycles. The molecule has 2 unspecified atom stereocenters. The van der Waals surface area contributed by atoms with E-state index in [1.807, 2.05) is 0 Å². The Labute approximate surface area is 98.7 Å². The van der Waals surface area contributed by atoms with Crippen molar-refractivity contribution in [3.63, 3.8) is 0 Å². The van der Waals surface area contributed by atoms with Crippen molar-refractivity contribution in [2.75, 3.05) is 6.54 Å². The summed E-state index contributed by atoms with van der Waals surface area (Å²) in [6.07, 6.45) is 4.32. The zero-order chi connectivity index (χ0) is 12.4. The van der Waals surface area contributed by atoms with E-state index >= 15 is 0 Å². The molecule has 1 aromatic rings. The zero-order valence-corrected chi connectivity index (χ0v) is 9.70. The van der Waals surface area contributed by atoms with Gasteiger partial charge in [-0.25, -0.2) is 0 Å². The van der Waals surface area contributed by atoms with Gasteiger partial charge in [0.1, 0.15) is 6.10 Å². The van der Waals surface area contributed by atoms with Crippen LogP contribution < -0.4 is 10.5 Å². The summed E-state index contributed by atoms with van der Waals surface area (Å²) in [5.41, 5.74) is 5.65. The minimum absolute atomic E-state index is 0.0332. The van der Waals surface area contributed by atoms with Crippen LogP contribution in [0.4, 0.5) is 5.82 Å². The van der Waals surface area contributed by atoms with Crippen LogP contribution in [-0.4, -0.2) is 27.1 Å². The molecule has 94 valence electrons. The number of hydrogen-bond acceptors (Lipinski definition) is 5. The number of ether oxygens (including phenoxy) is 1. The van der Waals surface area contributed by atoms with Gasteiger partial charge in [0.15, 0.2) is 0 Å². The Balaban J connectivity index is 2.17. The number of imidazole rings is 1. The van der Waals surface area contributed by atoms with Crippen molar-refractivity contribution in [1.29, 1.82) is 0 Å². The molecule has 1 aliphatic rings. The highest BCUT2D eigenvalue weighted by molar-refractivity contribution is 5.33. The quantitative estimate of drug-likeness (QED) is 0.621. The van der Waals surface area contributed by atoms with E-state index in [2.05, 4.69) is 4.98 Å². The van der Waals surface area contributed by atoms with Crippen LogP contribution in [0, 0.1) is 16.0 Å². The summed E-state index contributed by atoms with van der Waals surface area (Å²) < 4.78 is 7.25. The molecule has 1 fully saturated rings. The van der Waals surface area contributed by atoms with Crippen molar-refractivity contribution in [2.24, 2.45) is 18.7 Å². The molecule has 0 amide bonds. The largest absolute Gasteiger partial charge is 0.469 e. The molecule has 7 heteroatoms. The Morgan fingerprint density at radius 1 is 1.71 bits per heavy atom. The third-order valence-electron chi connectivity index (χ3n) is 3.19. The third kappa shape index (κ3) is 2.23. The van der Waals surface area contributed by atoms with Crippen molar-refractivity contribution < 1.29 is 9.66 Å². The van der Waals surface area contributed by atoms with E-state index in [9.17, 15) is 10.1 Å². The summed E-state index contributed by atoms with van der Waals surface area (Å²) >= 11 is 0. The minimum Gasteiger partial charge on any atom is -0.469 e. The fraction of sp³-hybridized carbons (Fsp3) is 0.700. The first kappa shape index (κ1) is 11.8. The Hall–Kier alpha value is -1.63. The maximum Gasteiger partial charge on any atom is 0.426 e. The fourth-order valence-corrected chi connectivity index (χ4v) is 2.24. The maximum atomic E-state index is 10.8. The molecular formula is C10H16N4O3. The fourth-order valence-electron chi connectivity index (χ4n) is 2.24. The Kier molecular flexibility index (Phi) is 3.28. The van der Waals surface area contributed by atoms with Gasteiger partial charge in [-0.1, -0.05) is 0 Å². The predicted molar refractivity (Wildman–Crippen MR) is 60.7 cm³/mol. The summed E-state index contributed by atoms with van der Waals surface area (Å²) in [7, 11) is 1.68. The van der Waals surface area contributed by atoms with Gasteiger partial charge in [0.25, 0.3) is 5.88 Å². The number of nitrogens with zero attached hydrogens (tertiary/aromatic N) is 3. The van der Waals surface area contributed by atoms with E-state index in [-0.39, 0.29) is 23.7 Å². The number of aromatic nitrogens is 2. The van der Waals surface area contributed by atoms with Crippen molar-refractivity contribution in [2.45, 2.75) is 25.4 Å². The van der Waals surface area contributed by atoms with Gasteiger partial charge in [0, 0.05) is 13.0 Å². The molecular weight excluding hydrogens is 224 g/mol. The van der Waals surface area contributed by atoms with Crippen molar-refractivity contribution in [3.05, 3.63) is 16.4 Å². The molecule has 1 saturated carbocycles. The van der Waals surface area contributed by atoms with Crippen molar-refractivity contribution in [1.82, 2.24) is 9.55 Å². The molecule has 0 spiro atoms. The summed E-state index contributed by atoms with van der Waals surface area (Å²) in [5.74, 6) is 0.278. The maximum absolute atomic E-state index is 10.8. The lowest BCUT2D eigenvalue weighted by atomic mass is 10.1. The summed E-state index contributed by atoms with van der Waals surface area (Å²) in [4.78, 5) is 14.0. The average molecular weight is 240 g/mol. The average Bonchev–Trinajstić information content (AvgIpc) is 2.87. The first-order valence-corrected chi connectivity index (χ1v) is 5.66. The molecule has 2 N–H and O–H groups in total. The normalized spacial score (nSPS) is 23.9. The number of hydrogen-bond donors (Lipinski definition) is 1. The summed E-state index contributed by atoms with van der Waals surface area (Å²) in [6, 6.07) is 0. The van der Waals surface area contributed by atoms with Gasteiger partial charge in [-0.05, 0) is 35.7 Å². The van der Waals surface area contributed by atoms with Crippen LogP contribution in [-0.2, 0) is 7.05 Å². The lowest BCUT2D eigenvalue weighted by Crippen LogP contribution is -2.28. The molecule has 17 heavy (non-hydrogen) atoms. The second-order valence-corrected chi connectivity index (χ2v) is 4.32. The second kappa shape index (κ2) is 4.70. The third-order valence-corrected chi connectivity index (χ3v) is 3.19. The highest BCUT2D eigenvalue weighted by Gasteiger charge is 2.32. The Morgan fingerprint density at radius 2 is 2.47 bits per heavy atom. The number of nitrogens with two attached hydrogens (primary N) is 1. The van der Waals surface area contributed by atoms with Crippen LogP contribution in [0.15, 0.2) is 6.33 Å². The highest BCUT2D eigenvalue weighted by Crippen LogP contribution is 2.32. The van der Waals surface area contributed by atoms with E-state index in [1.54, 1.807) is 7.05 Å². The molecule has 0 radical (unpaired) electrons. The van der Waals surface area contributed by atoms with Gasteiger partial charge in [-0.2, -0.15) is 0 Å². The molecule has 1 aromatic heterocycles. The van der Waals surface area contributed by atoms with E-state index in [0.29, 0.717) is 6.54 Å². The molecule has 0 bridgehead atoms. The van der Waals surface area contributed by atoms with Gasteiger partial charge in [0.2, 0.25) is 6.33 Å². The lowest BCUT2D eigenvalue weighted by Gasteiger charge is -2.19. The highest BCUT2D eigenvalue weighted by atomic mass is 16.6. The van der Waals surface area contributed by atoms with E-state index in [0.717, 1.165) is 19.3 Å². The summed E-state index contributed by atoms with van der Waals surface area (Å²) in [5, 5.41) is 10.8. The SMILES string of the molecule is Cn1cnc([N+](=O)[O-])c1OC1CCCC1CN. The molecule has 2 atom stereocenters. The van der Waals surface area contributed by atoms with Crippen LogP contribution in [0.5, 0.6) is 5.88 Å². The van der Waals surface area contributed by atoms with Crippen LogP contribution >= 0.6 is 0 Å². The Bertz CT molecular complexity index is 418. The molecule has 2 rings (SSSR count). The second-order valence-electron chi connectivity index (χ2n) is 4.32. The number of aryl methyl sites for hydroxylation is 1. The molecule has 0 aromatic carbocycles. The van der Waals surface area contributed by atoms with Crippen molar-refractivity contribution >= 4 is 5.82 Å². The van der Waals surface area contributed by atoms with Gasteiger partial charge in [-0.15, -0.1) is 0 Å². The molecule has 7 nitrogen and oxygen atoms in total. The standard InChI is InChI=1S/C10H16N4O3/c1-13-6-12-9(14(15)16)10(13)17-8-4-2-3-7(8)5-11/h6-8H,2-5,11H2,1H3. The summed E-state index contributed by atoms with van der Waals surface area (Å²) in [6.45, 7) is 0.552. The minimum atomic E-state index is -0.526. The molecule has 1 aliphatic carbocycles. The predicted octanol–water partition coefficient (Wildman–Crippen LogP) is 0.834. The van der Waals surface area contributed by atoms with Crippen LogP contribution in [0.25, 0.3) is 0 Å². The first-order valence-electron chi connectivity index (χ1n) is 5.66. The molecule has 1 heterocycles. The molecule has 0 aliphatic heterocycles. The first-order chi connectivity index (χ1) is 8.13. The Morgan fingerprint density at radius 3 is 3.12 bits per heavy atom. The smallest absolute Gasteiger partial charge is 0.426 e. The van der Waals surface area contributed by atoms with E-state index < -0.39 is 4.92 Å². The zero-order valence-electron chi connectivity index (χ0n) is 9.70. The van der Waals surface area contributed by atoms with E-state index in [1.165, 1.54) is 10.9 Å². The van der Waals surface area contributed by atoms with Crippen LogP contribution in [0.2, 0.25) is 0 Å². The number of nitro groups is 1. The van der Waals surface area contributed by atoms with Crippen molar-refractivity contribution in [3.8, 4) is 5.88 Å². The topological polar surface area (TPSA) is 96.2 Å². The lowest BCUT2D eigenvalue weighted by molar-refractivity contribution is -0.390. The monoisotopic (exact) mass is 240 g/mol. The van der Waals surface area contributed by atoms with Gasteiger partial charge in [0.05, 0.1) is 0 Å².